The number of ether oxygens (including phenoxy) is 3. The van der Waals surface area contributed by atoms with Crippen LogP contribution >= 0.6 is 11.7 Å². The number of nitrogens with zero attached hydrogens (tertiary/aromatic N) is 2. The second-order valence-electron chi connectivity index (χ2n) is 9.99. The van der Waals surface area contributed by atoms with E-state index in [1.807, 2.05) is 24.3 Å². The lowest BCUT2D eigenvalue weighted by Crippen LogP contribution is -2.15. The van der Waals surface area contributed by atoms with Gasteiger partial charge in [0.2, 0.25) is 5.75 Å². The molecular weight excluding hydrogens is 516 g/mol. The van der Waals surface area contributed by atoms with E-state index in [1.54, 1.807) is 18.2 Å². The maximum atomic E-state index is 14.1. The van der Waals surface area contributed by atoms with Crippen molar-refractivity contribution in [1.29, 1.82) is 0 Å². The van der Waals surface area contributed by atoms with Gasteiger partial charge in [-0.3, -0.25) is 4.79 Å². The third-order valence-corrected chi connectivity index (χ3v) is 7.02. The molecule has 0 bridgehead atoms. The number of Topliss-reactive ketones (excluding diaryl/α,β-unsaturated/α-hetero) is 1. The highest BCUT2D eigenvalue weighted by atomic mass is 32.1. The van der Waals surface area contributed by atoms with Crippen LogP contribution < -0.4 is 14.2 Å². The number of aliphatic carboxylic acids is 1. The van der Waals surface area contributed by atoms with Gasteiger partial charge in [-0.2, -0.15) is 8.75 Å². The molecule has 202 valence electrons. The van der Waals surface area contributed by atoms with Crippen molar-refractivity contribution in [2.45, 2.75) is 32.6 Å². The highest BCUT2D eigenvalue weighted by Crippen LogP contribution is 2.39. The Bertz CT molecular complexity index is 1540. The van der Waals surface area contributed by atoms with E-state index in [2.05, 4.69) is 29.5 Å². The van der Waals surface area contributed by atoms with Crippen LogP contribution in [0.15, 0.2) is 60.2 Å². The van der Waals surface area contributed by atoms with Gasteiger partial charge in [-0.05, 0) is 46.4 Å². The average molecular weight is 547 g/mol. The molecule has 0 aliphatic rings. The van der Waals surface area contributed by atoms with Crippen molar-refractivity contribution in [3.05, 3.63) is 82.4 Å². The van der Waals surface area contributed by atoms with Crippen molar-refractivity contribution in [1.82, 2.24) is 8.75 Å². The Morgan fingerprint density at radius 1 is 0.821 bits per heavy atom. The number of rotatable bonds is 9. The number of aromatic nitrogens is 2. The van der Waals surface area contributed by atoms with Gasteiger partial charge in [-0.1, -0.05) is 51.1 Å². The van der Waals surface area contributed by atoms with Gasteiger partial charge in [0.15, 0.2) is 17.3 Å². The number of benzene rings is 3. The lowest BCUT2D eigenvalue weighted by atomic mass is 9.85. The molecule has 0 radical (unpaired) electrons. The minimum Gasteiger partial charge on any atom is -0.493 e. The molecule has 1 heterocycles. The molecule has 4 rings (SSSR count). The number of methoxy groups -OCH3 is 3. The summed E-state index contributed by atoms with van der Waals surface area (Å²) >= 11 is 1.04. The van der Waals surface area contributed by atoms with Crippen molar-refractivity contribution in [2.75, 3.05) is 21.3 Å². The Hall–Kier alpha value is -4.24. The standard InChI is InChI=1S/C30H30N2O6S/c1-30(2,3)20-10-7-17(8-11-20)13-21(26(29(34)35)18-9-12-22-23(14-18)32-39-31-22)27(33)19-15-24(36-4)28(38-6)25(16-19)37-5/h7-12,14-16H,13H2,1-6H3,(H,34,35)/b26-21+. The number of carboxylic acid groups (broad SMARTS) is 1. The van der Waals surface area contributed by atoms with E-state index in [4.69, 9.17) is 14.2 Å². The molecule has 39 heavy (non-hydrogen) atoms. The maximum Gasteiger partial charge on any atom is 0.336 e. The molecule has 0 fully saturated rings. The Labute approximate surface area is 231 Å². The van der Waals surface area contributed by atoms with Gasteiger partial charge in [0, 0.05) is 17.6 Å². The third kappa shape index (κ3) is 5.78. The first kappa shape index (κ1) is 27.8. The van der Waals surface area contributed by atoms with Gasteiger partial charge in [-0.25, -0.2) is 4.79 Å². The molecule has 0 saturated heterocycles. The van der Waals surface area contributed by atoms with E-state index in [-0.39, 0.29) is 28.5 Å². The summed E-state index contributed by atoms with van der Waals surface area (Å²) in [7, 11) is 4.39. The first-order valence-electron chi connectivity index (χ1n) is 12.2. The van der Waals surface area contributed by atoms with Crippen molar-refractivity contribution in [3.63, 3.8) is 0 Å². The van der Waals surface area contributed by atoms with Crippen LogP contribution in [0.2, 0.25) is 0 Å². The number of hydrogen-bond acceptors (Lipinski definition) is 8. The number of carboxylic acids is 1. The van der Waals surface area contributed by atoms with Crippen LogP contribution in [0, 0.1) is 0 Å². The van der Waals surface area contributed by atoms with Gasteiger partial charge >= 0.3 is 5.97 Å². The molecule has 1 aromatic heterocycles. The van der Waals surface area contributed by atoms with Crippen LogP contribution in [0.4, 0.5) is 0 Å². The van der Waals surface area contributed by atoms with Crippen molar-refractivity contribution >= 4 is 40.1 Å². The fraction of sp³-hybridized carbons (Fsp3) is 0.267. The molecule has 0 aliphatic carbocycles. The molecule has 3 aromatic carbocycles. The number of ketones is 1. The van der Waals surface area contributed by atoms with E-state index in [0.29, 0.717) is 33.8 Å². The van der Waals surface area contributed by atoms with E-state index in [9.17, 15) is 14.7 Å². The molecule has 4 aromatic rings. The zero-order valence-corrected chi connectivity index (χ0v) is 23.5. The van der Waals surface area contributed by atoms with Crippen LogP contribution in [0.25, 0.3) is 16.6 Å². The second-order valence-corrected chi connectivity index (χ2v) is 10.5. The first-order valence-corrected chi connectivity index (χ1v) is 12.9. The second kappa shape index (κ2) is 11.2. The van der Waals surface area contributed by atoms with Crippen LogP contribution in [0.3, 0.4) is 0 Å². The summed E-state index contributed by atoms with van der Waals surface area (Å²) < 4.78 is 24.7. The Kier molecular flexibility index (Phi) is 8.01. The number of fused-ring (bicyclic) bond motifs is 1. The van der Waals surface area contributed by atoms with Crippen molar-refractivity contribution in [2.24, 2.45) is 0 Å². The Morgan fingerprint density at radius 2 is 1.44 bits per heavy atom. The fourth-order valence-corrected chi connectivity index (χ4v) is 4.88. The van der Waals surface area contributed by atoms with Gasteiger partial charge in [0.05, 0.1) is 38.6 Å². The largest absolute Gasteiger partial charge is 0.493 e. The third-order valence-electron chi connectivity index (χ3n) is 6.46. The lowest BCUT2D eigenvalue weighted by molar-refractivity contribution is -0.130. The summed E-state index contributed by atoms with van der Waals surface area (Å²) in [5.74, 6) is -0.774. The van der Waals surface area contributed by atoms with Gasteiger partial charge in [-0.15, -0.1) is 0 Å². The zero-order chi connectivity index (χ0) is 28.3. The van der Waals surface area contributed by atoms with E-state index < -0.39 is 11.8 Å². The molecule has 0 amide bonds. The summed E-state index contributed by atoms with van der Waals surface area (Å²) in [5.41, 5.74) is 3.68. The normalized spacial score (nSPS) is 12.2. The van der Waals surface area contributed by atoms with Crippen LogP contribution in [0.1, 0.15) is 47.8 Å². The minimum absolute atomic E-state index is 0.0492. The molecule has 0 atom stereocenters. The Morgan fingerprint density at radius 3 is 1.97 bits per heavy atom. The lowest BCUT2D eigenvalue weighted by Gasteiger charge is -2.20. The molecule has 0 unspecified atom stereocenters. The van der Waals surface area contributed by atoms with Crippen LogP contribution in [-0.4, -0.2) is 46.9 Å². The molecule has 9 heteroatoms. The first-order chi connectivity index (χ1) is 18.6. The average Bonchev–Trinajstić information content (AvgIpc) is 3.39. The summed E-state index contributed by atoms with van der Waals surface area (Å²) in [6.45, 7) is 6.36. The molecule has 0 saturated carbocycles. The van der Waals surface area contributed by atoms with Gasteiger partial charge in [0.1, 0.15) is 11.0 Å². The number of carbonyl (C=O) groups excluding carboxylic acids is 1. The SMILES string of the molecule is COc1cc(C(=O)/C(Cc2ccc(C(C)(C)C)cc2)=C(/C(=O)O)c2ccc3nsnc3c2)cc(OC)c1OC. The topological polar surface area (TPSA) is 108 Å². The Balaban J connectivity index is 1.93. The summed E-state index contributed by atoms with van der Waals surface area (Å²) in [6, 6.07) is 15.9. The van der Waals surface area contributed by atoms with Crippen molar-refractivity contribution < 1.29 is 28.9 Å². The molecule has 1 N–H and O–H groups in total. The quantitative estimate of drug-likeness (QED) is 0.202. The zero-order valence-electron chi connectivity index (χ0n) is 22.7. The highest BCUT2D eigenvalue weighted by Gasteiger charge is 2.27. The maximum absolute atomic E-state index is 14.1. The smallest absolute Gasteiger partial charge is 0.336 e. The van der Waals surface area contributed by atoms with Crippen molar-refractivity contribution in [3.8, 4) is 17.2 Å². The minimum atomic E-state index is -1.22. The summed E-state index contributed by atoms with van der Waals surface area (Å²) in [4.78, 5) is 26.9. The summed E-state index contributed by atoms with van der Waals surface area (Å²) in [5, 5.41) is 10.4. The monoisotopic (exact) mass is 546 g/mol. The van der Waals surface area contributed by atoms with Crippen LogP contribution in [0.5, 0.6) is 17.2 Å². The van der Waals surface area contributed by atoms with Gasteiger partial charge in [0.25, 0.3) is 0 Å². The number of hydrogen-bond donors (Lipinski definition) is 1. The van der Waals surface area contributed by atoms with Gasteiger partial charge < -0.3 is 19.3 Å². The van der Waals surface area contributed by atoms with E-state index in [0.717, 1.165) is 22.9 Å². The highest BCUT2D eigenvalue weighted by molar-refractivity contribution is 7.00. The molecule has 8 nitrogen and oxygen atoms in total. The predicted octanol–water partition coefficient (Wildman–Crippen LogP) is 5.98. The molecule has 0 spiro atoms. The van der Waals surface area contributed by atoms with Crippen LogP contribution in [-0.2, 0) is 16.6 Å². The van der Waals surface area contributed by atoms with E-state index >= 15 is 0 Å². The summed E-state index contributed by atoms with van der Waals surface area (Å²) in [6.07, 6.45) is 0.0922. The van der Waals surface area contributed by atoms with E-state index in [1.165, 1.54) is 33.5 Å². The molecule has 0 aliphatic heterocycles. The predicted molar refractivity (Wildman–Crippen MR) is 151 cm³/mol. The number of allylic oxidation sites excluding steroid dienone is 1. The molecular formula is C30H30N2O6S. The fourth-order valence-electron chi connectivity index (χ4n) is 4.36. The number of carbonyl (C=O) groups is 2.